The molecular formula is C21H20ClN3O2. The quantitative estimate of drug-likeness (QED) is 0.696. The number of ether oxygens (including phenoxy) is 1. The van der Waals surface area contributed by atoms with Gasteiger partial charge in [-0.1, -0.05) is 35.9 Å². The number of fused-ring (bicyclic) bond motifs is 1. The summed E-state index contributed by atoms with van der Waals surface area (Å²) in [6, 6.07) is 11.6. The van der Waals surface area contributed by atoms with E-state index in [-0.39, 0.29) is 0 Å². The molecule has 3 aromatic rings. The zero-order valence-corrected chi connectivity index (χ0v) is 15.6. The van der Waals surface area contributed by atoms with Crippen molar-refractivity contribution < 1.29 is 9.84 Å². The largest absolute Gasteiger partial charge is 0.482 e. The average molecular weight is 382 g/mol. The number of pyridine rings is 1. The lowest BCUT2D eigenvalue weighted by molar-refractivity contribution is 0.132. The molecule has 0 bridgehead atoms. The van der Waals surface area contributed by atoms with Gasteiger partial charge in [0, 0.05) is 47.0 Å². The van der Waals surface area contributed by atoms with Gasteiger partial charge < -0.3 is 19.7 Å². The summed E-state index contributed by atoms with van der Waals surface area (Å²) in [6.07, 6.45) is 6.67. The molecule has 2 aromatic heterocycles. The topological polar surface area (TPSA) is 61.4 Å². The predicted molar refractivity (Wildman–Crippen MR) is 106 cm³/mol. The Morgan fingerprint density at radius 2 is 2.11 bits per heavy atom. The standard InChI is InChI=1S/C21H20ClN3O2/c1-27-21-17(19(26)18-12-24-20-16(18)4-2-10-23-20)5-3-11-25(21)13-14-6-8-15(22)9-7-14/h2-10,12,19,26H,11,13H2,1H3,(H,23,24). The Balaban J connectivity index is 1.67. The number of rotatable bonds is 5. The minimum absolute atomic E-state index is 0.663. The van der Waals surface area contributed by atoms with E-state index in [1.54, 1.807) is 19.5 Å². The summed E-state index contributed by atoms with van der Waals surface area (Å²) < 4.78 is 5.69. The van der Waals surface area contributed by atoms with Gasteiger partial charge in [0.05, 0.1) is 7.11 Å². The van der Waals surface area contributed by atoms with Crippen LogP contribution >= 0.6 is 11.6 Å². The number of hydrogen-bond donors (Lipinski definition) is 2. The van der Waals surface area contributed by atoms with E-state index in [1.165, 1.54) is 0 Å². The molecular weight excluding hydrogens is 362 g/mol. The number of aliphatic hydroxyl groups excluding tert-OH is 1. The van der Waals surface area contributed by atoms with E-state index in [4.69, 9.17) is 16.3 Å². The summed E-state index contributed by atoms with van der Waals surface area (Å²) in [5, 5.41) is 12.7. The number of hydrogen-bond acceptors (Lipinski definition) is 4. The number of methoxy groups -OCH3 is 1. The van der Waals surface area contributed by atoms with Crippen LogP contribution in [0.5, 0.6) is 0 Å². The van der Waals surface area contributed by atoms with Crippen molar-refractivity contribution in [3.63, 3.8) is 0 Å². The van der Waals surface area contributed by atoms with Gasteiger partial charge in [0.1, 0.15) is 11.8 Å². The van der Waals surface area contributed by atoms with Gasteiger partial charge in [-0.05, 0) is 29.8 Å². The van der Waals surface area contributed by atoms with Crippen molar-refractivity contribution in [2.24, 2.45) is 0 Å². The molecule has 0 radical (unpaired) electrons. The fourth-order valence-corrected chi connectivity index (χ4v) is 3.54. The highest BCUT2D eigenvalue weighted by Crippen LogP contribution is 2.33. The molecule has 0 aliphatic carbocycles. The minimum atomic E-state index is -0.817. The van der Waals surface area contributed by atoms with Crippen molar-refractivity contribution in [1.82, 2.24) is 14.9 Å². The third-order valence-electron chi connectivity index (χ3n) is 4.71. The molecule has 3 heterocycles. The fraction of sp³-hybridized carbons (Fsp3) is 0.190. The lowest BCUT2D eigenvalue weighted by Crippen LogP contribution is -2.28. The number of nitrogens with one attached hydrogen (secondary N) is 1. The second-order valence-corrected chi connectivity index (χ2v) is 6.86. The molecule has 2 N–H and O–H groups in total. The second-order valence-electron chi connectivity index (χ2n) is 6.42. The van der Waals surface area contributed by atoms with E-state index in [1.807, 2.05) is 48.6 Å². The average Bonchev–Trinajstić information content (AvgIpc) is 3.13. The van der Waals surface area contributed by atoms with Crippen molar-refractivity contribution in [2.75, 3.05) is 13.7 Å². The van der Waals surface area contributed by atoms with Crippen molar-refractivity contribution in [2.45, 2.75) is 12.6 Å². The van der Waals surface area contributed by atoms with Gasteiger partial charge in [-0.2, -0.15) is 0 Å². The van der Waals surface area contributed by atoms with E-state index in [0.29, 0.717) is 24.0 Å². The van der Waals surface area contributed by atoms with Crippen molar-refractivity contribution in [3.8, 4) is 0 Å². The Morgan fingerprint density at radius 3 is 2.89 bits per heavy atom. The number of aromatic nitrogens is 2. The number of benzene rings is 1. The summed E-state index contributed by atoms with van der Waals surface area (Å²) in [4.78, 5) is 9.50. The second kappa shape index (κ2) is 7.47. The Labute approximate surface area is 162 Å². The molecule has 5 nitrogen and oxygen atoms in total. The summed E-state index contributed by atoms with van der Waals surface area (Å²) in [5.74, 6) is 0.665. The number of aromatic amines is 1. The Kier molecular flexibility index (Phi) is 4.88. The maximum absolute atomic E-state index is 11.1. The van der Waals surface area contributed by atoms with Crippen molar-refractivity contribution >= 4 is 22.6 Å². The van der Waals surface area contributed by atoms with Gasteiger partial charge in [-0.3, -0.25) is 0 Å². The predicted octanol–water partition coefficient (Wildman–Crippen LogP) is 4.18. The van der Waals surface area contributed by atoms with Crippen LogP contribution in [0, 0.1) is 0 Å². The monoisotopic (exact) mass is 381 g/mol. The summed E-state index contributed by atoms with van der Waals surface area (Å²) in [6.45, 7) is 1.37. The zero-order valence-electron chi connectivity index (χ0n) is 14.9. The zero-order chi connectivity index (χ0) is 18.8. The molecule has 0 spiro atoms. The van der Waals surface area contributed by atoms with Gasteiger partial charge in [0.25, 0.3) is 0 Å². The molecule has 1 aliphatic rings. The van der Waals surface area contributed by atoms with E-state index in [2.05, 4.69) is 14.9 Å². The van der Waals surface area contributed by atoms with Crippen LogP contribution in [-0.4, -0.2) is 33.6 Å². The Bertz CT molecular complexity index is 1010. The molecule has 0 saturated carbocycles. The normalized spacial score (nSPS) is 15.4. The molecule has 1 atom stereocenters. The van der Waals surface area contributed by atoms with Crippen LogP contribution in [0.4, 0.5) is 0 Å². The van der Waals surface area contributed by atoms with Gasteiger partial charge >= 0.3 is 0 Å². The summed E-state index contributed by atoms with van der Waals surface area (Å²) in [5.41, 5.74) is 3.38. The van der Waals surface area contributed by atoms with Crippen LogP contribution in [0.1, 0.15) is 17.2 Å². The van der Waals surface area contributed by atoms with Crippen LogP contribution in [0.25, 0.3) is 11.0 Å². The van der Waals surface area contributed by atoms with Crippen LogP contribution in [-0.2, 0) is 11.3 Å². The van der Waals surface area contributed by atoms with Crippen LogP contribution < -0.4 is 0 Å². The molecule has 0 saturated heterocycles. The van der Waals surface area contributed by atoms with Crippen LogP contribution in [0.15, 0.2) is 72.4 Å². The maximum Gasteiger partial charge on any atom is 0.195 e. The highest BCUT2D eigenvalue weighted by Gasteiger charge is 2.25. The Morgan fingerprint density at radius 1 is 1.30 bits per heavy atom. The molecule has 1 aromatic carbocycles. The molecule has 1 unspecified atom stereocenters. The fourth-order valence-electron chi connectivity index (χ4n) is 3.42. The first-order chi connectivity index (χ1) is 13.2. The number of H-pyrrole nitrogens is 1. The van der Waals surface area contributed by atoms with Gasteiger partial charge in [-0.25, -0.2) is 4.98 Å². The number of halogens is 1. The molecule has 4 rings (SSSR count). The molecule has 27 heavy (non-hydrogen) atoms. The molecule has 0 amide bonds. The molecule has 6 heteroatoms. The van der Waals surface area contributed by atoms with E-state index >= 15 is 0 Å². The maximum atomic E-state index is 11.1. The Hall–Kier alpha value is -2.76. The summed E-state index contributed by atoms with van der Waals surface area (Å²) in [7, 11) is 1.63. The highest BCUT2D eigenvalue weighted by molar-refractivity contribution is 6.30. The minimum Gasteiger partial charge on any atom is -0.482 e. The summed E-state index contributed by atoms with van der Waals surface area (Å²) >= 11 is 5.98. The lowest BCUT2D eigenvalue weighted by atomic mass is 9.99. The smallest absolute Gasteiger partial charge is 0.195 e. The van der Waals surface area contributed by atoms with Crippen molar-refractivity contribution in [3.05, 3.63) is 88.5 Å². The third-order valence-corrected chi connectivity index (χ3v) is 4.96. The van der Waals surface area contributed by atoms with E-state index < -0.39 is 6.10 Å². The third kappa shape index (κ3) is 3.44. The van der Waals surface area contributed by atoms with E-state index in [9.17, 15) is 5.11 Å². The SMILES string of the molecule is COC1=C(C(O)c2c[nH]c3ncccc23)C=CCN1Cc1ccc(Cl)cc1. The first-order valence-electron chi connectivity index (χ1n) is 8.71. The molecule has 1 aliphatic heterocycles. The van der Waals surface area contributed by atoms with Gasteiger partial charge in [0.2, 0.25) is 0 Å². The highest BCUT2D eigenvalue weighted by atomic mass is 35.5. The molecule has 0 fully saturated rings. The van der Waals surface area contributed by atoms with E-state index in [0.717, 1.165) is 27.7 Å². The number of aliphatic hydroxyl groups is 1. The van der Waals surface area contributed by atoms with Crippen LogP contribution in [0.3, 0.4) is 0 Å². The van der Waals surface area contributed by atoms with Crippen LogP contribution in [0.2, 0.25) is 5.02 Å². The first-order valence-corrected chi connectivity index (χ1v) is 9.09. The van der Waals surface area contributed by atoms with Gasteiger partial charge in [-0.15, -0.1) is 0 Å². The van der Waals surface area contributed by atoms with Gasteiger partial charge in [0.15, 0.2) is 5.88 Å². The van der Waals surface area contributed by atoms with Crippen molar-refractivity contribution in [1.29, 1.82) is 0 Å². The first kappa shape index (κ1) is 17.6. The lowest BCUT2D eigenvalue weighted by Gasteiger charge is -2.31. The number of nitrogens with zero attached hydrogens (tertiary/aromatic N) is 2. The molecule has 138 valence electrons.